The number of methoxy groups -OCH3 is 1. The molecule has 9 nitrogen and oxygen atoms in total. The van der Waals surface area contributed by atoms with Crippen LogP contribution in [-0.4, -0.2) is 48.7 Å². The summed E-state index contributed by atoms with van der Waals surface area (Å²) in [5.74, 6) is 0.439. The van der Waals surface area contributed by atoms with Gasteiger partial charge in [-0.2, -0.15) is 0 Å². The summed E-state index contributed by atoms with van der Waals surface area (Å²) in [7, 11) is 1.58. The molecule has 1 unspecified atom stereocenters. The van der Waals surface area contributed by atoms with Crippen LogP contribution in [0.4, 0.5) is 5.13 Å². The van der Waals surface area contributed by atoms with Gasteiger partial charge in [-0.1, -0.05) is 30.4 Å². The Balaban J connectivity index is 1.49. The third kappa shape index (κ3) is 4.50. The van der Waals surface area contributed by atoms with Crippen molar-refractivity contribution in [3.8, 4) is 23.0 Å². The summed E-state index contributed by atoms with van der Waals surface area (Å²) in [6.45, 7) is 3.39. The van der Waals surface area contributed by atoms with Crippen LogP contribution in [0, 0.1) is 0 Å². The highest BCUT2D eigenvalue weighted by molar-refractivity contribution is 7.22. The van der Waals surface area contributed by atoms with E-state index in [9.17, 15) is 14.7 Å². The number of anilines is 1. The van der Waals surface area contributed by atoms with Crippen molar-refractivity contribution in [3.63, 3.8) is 0 Å². The van der Waals surface area contributed by atoms with E-state index in [1.54, 1.807) is 61.7 Å². The van der Waals surface area contributed by atoms with E-state index in [1.807, 2.05) is 13.0 Å². The van der Waals surface area contributed by atoms with Crippen molar-refractivity contribution in [1.82, 2.24) is 4.98 Å². The number of ether oxygens (including phenoxy) is 4. The summed E-state index contributed by atoms with van der Waals surface area (Å²) < 4.78 is 23.1. The molecule has 204 valence electrons. The number of Topliss-reactive ketones (excluding diaryl/α,β-unsaturated/α-hetero) is 1. The van der Waals surface area contributed by atoms with Gasteiger partial charge < -0.3 is 24.1 Å². The first-order valence-electron chi connectivity index (χ1n) is 12.9. The summed E-state index contributed by atoms with van der Waals surface area (Å²) in [5.41, 5.74) is 1.58. The molecular weight excluding hydrogens is 532 g/mol. The Kier molecular flexibility index (Phi) is 6.77. The third-order valence-corrected chi connectivity index (χ3v) is 7.74. The van der Waals surface area contributed by atoms with E-state index in [0.717, 1.165) is 11.1 Å². The Bertz CT molecular complexity index is 1640. The number of aromatic nitrogens is 1. The molecule has 0 radical (unpaired) electrons. The first-order valence-corrected chi connectivity index (χ1v) is 13.7. The minimum atomic E-state index is -0.920. The Labute approximate surface area is 234 Å². The van der Waals surface area contributed by atoms with E-state index in [4.69, 9.17) is 18.9 Å². The molecular formula is C30H26N2O7S. The van der Waals surface area contributed by atoms with E-state index in [-0.39, 0.29) is 11.3 Å². The fourth-order valence-electron chi connectivity index (χ4n) is 4.78. The van der Waals surface area contributed by atoms with Gasteiger partial charge >= 0.3 is 5.91 Å². The van der Waals surface area contributed by atoms with Crippen molar-refractivity contribution in [1.29, 1.82) is 0 Å². The summed E-state index contributed by atoms with van der Waals surface area (Å²) in [6, 6.07) is 16.6. The SMILES string of the molecule is CCCOc1ccc(C2/C(=C(\O)c3ccc4c(c3)OCCO4)C(=O)C(=O)N2c2nc3ccc(OC)cc3s2)cc1. The predicted octanol–water partition coefficient (Wildman–Crippen LogP) is 5.49. The predicted molar refractivity (Wildman–Crippen MR) is 151 cm³/mol. The van der Waals surface area contributed by atoms with Crippen LogP contribution < -0.4 is 23.8 Å². The zero-order chi connectivity index (χ0) is 27.8. The third-order valence-electron chi connectivity index (χ3n) is 6.72. The fraction of sp³-hybridized carbons (Fsp3) is 0.233. The molecule has 40 heavy (non-hydrogen) atoms. The van der Waals surface area contributed by atoms with Crippen LogP contribution >= 0.6 is 11.3 Å². The van der Waals surface area contributed by atoms with Gasteiger partial charge in [0.1, 0.15) is 30.5 Å². The monoisotopic (exact) mass is 558 g/mol. The summed E-state index contributed by atoms with van der Waals surface area (Å²) >= 11 is 1.27. The number of ketones is 1. The van der Waals surface area contributed by atoms with Crippen molar-refractivity contribution < 1.29 is 33.6 Å². The van der Waals surface area contributed by atoms with E-state index in [1.165, 1.54) is 16.2 Å². The molecule has 1 aromatic heterocycles. The van der Waals surface area contributed by atoms with Crippen LogP contribution in [-0.2, 0) is 9.59 Å². The molecule has 1 saturated heterocycles. The van der Waals surface area contributed by atoms with Gasteiger partial charge in [-0.05, 0) is 60.5 Å². The van der Waals surface area contributed by atoms with Crippen LogP contribution in [0.25, 0.3) is 16.0 Å². The number of aliphatic hydroxyl groups is 1. The number of benzene rings is 3. The lowest BCUT2D eigenvalue weighted by Gasteiger charge is -2.23. The smallest absolute Gasteiger partial charge is 0.301 e. The molecule has 1 atom stereocenters. The molecule has 0 saturated carbocycles. The molecule has 1 amide bonds. The van der Waals surface area contributed by atoms with Crippen LogP contribution in [0.2, 0.25) is 0 Å². The maximum absolute atomic E-state index is 13.6. The number of fused-ring (bicyclic) bond motifs is 2. The minimum Gasteiger partial charge on any atom is -0.507 e. The number of nitrogens with zero attached hydrogens (tertiary/aromatic N) is 2. The van der Waals surface area contributed by atoms with Crippen molar-refractivity contribution in [2.45, 2.75) is 19.4 Å². The topological polar surface area (TPSA) is 107 Å². The lowest BCUT2D eigenvalue weighted by Crippen LogP contribution is -2.29. The molecule has 10 heteroatoms. The zero-order valence-electron chi connectivity index (χ0n) is 21.9. The maximum atomic E-state index is 13.6. The number of amides is 1. The molecule has 6 rings (SSSR count). The zero-order valence-corrected chi connectivity index (χ0v) is 22.7. The first-order chi connectivity index (χ1) is 19.5. The normalized spacial score (nSPS) is 17.9. The number of rotatable bonds is 7. The molecule has 3 aromatic carbocycles. The Hall–Kier alpha value is -4.57. The number of carbonyl (C=O) groups is 2. The number of hydrogen-bond acceptors (Lipinski definition) is 9. The highest BCUT2D eigenvalue weighted by Crippen LogP contribution is 2.45. The Morgan fingerprint density at radius 3 is 2.52 bits per heavy atom. The summed E-state index contributed by atoms with van der Waals surface area (Å²) in [4.78, 5) is 33.2. The molecule has 0 aliphatic carbocycles. The van der Waals surface area contributed by atoms with Gasteiger partial charge in [0, 0.05) is 5.56 Å². The number of carbonyl (C=O) groups excluding carboxylic acids is 2. The molecule has 1 N–H and O–H groups in total. The van der Waals surface area contributed by atoms with E-state index < -0.39 is 17.7 Å². The Morgan fingerprint density at radius 2 is 1.77 bits per heavy atom. The molecule has 1 fully saturated rings. The van der Waals surface area contributed by atoms with E-state index in [0.29, 0.717) is 64.6 Å². The van der Waals surface area contributed by atoms with Crippen molar-refractivity contribution in [2.75, 3.05) is 31.8 Å². The van der Waals surface area contributed by atoms with Gasteiger partial charge in [0.2, 0.25) is 0 Å². The van der Waals surface area contributed by atoms with Crippen LogP contribution in [0.3, 0.4) is 0 Å². The minimum absolute atomic E-state index is 0.0410. The quantitative estimate of drug-likeness (QED) is 0.180. The van der Waals surface area contributed by atoms with Gasteiger partial charge in [-0.25, -0.2) is 4.98 Å². The van der Waals surface area contributed by atoms with Crippen LogP contribution in [0.1, 0.15) is 30.5 Å². The van der Waals surface area contributed by atoms with Gasteiger partial charge in [-0.3, -0.25) is 14.5 Å². The van der Waals surface area contributed by atoms with Gasteiger partial charge in [0.25, 0.3) is 5.78 Å². The van der Waals surface area contributed by atoms with Gasteiger partial charge in [0.05, 0.1) is 35.5 Å². The second kappa shape index (κ2) is 10.5. The molecule has 2 aliphatic rings. The number of hydrogen-bond donors (Lipinski definition) is 1. The standard InChI is InChI=1S/C30H26N2O7S/c1-3-12-37-19-7-4-17(5-8-19)26-25(27(33)18-6-11-22-23(15-18)39-14-13-38-22)28(34)29(35)32(26)30-31-21-10-9-20(36-2)16-24(21)40-30/h4-11,15-16,26,33H,3,12-14H2,1-2H3/b27-25+. The highest BCUT2D eigenvalue weighted by Gasteiger charge is 2.48. The summed E-state index contributed by atoms with van der Waals surface area (Å²) in [6.07, 6.45) is 0.861. The number of aliphatic hydroxyl groups excluding tert-OH is 1. The molecule has 4 aromatic rings. The Morgan fingerprint density at radius 1 is 1.02 bits per heavy atom. The molecule has 0 spiro atoms. The largest absolute Gasteiger partial charge is 0.507 e. The highest BCUT2D eigenvalue weighted by atomic mass is 32.1. The second-order valence-electron chi connectivity index (χ2n) is 9.28. The molecule has 3 heterocycles. The van der Waals surface area contributed by atoms with Crippen molar-refractivity contribution in [2.24, 2.45) is 0 Å². The van der Waals surface area contributed by atoms with Gasteiger partial charge in [0.15, 0.2) is 16.6 Å². The summed E-state index contributed by atoms with van der Waals surface area (Å²) in [5, 5.41) is 11.8. The van der Waals surface area contributed by atoms with Crippen molar-refractivity contribution >= 4 is 44.1 Å². The second-order valence-corrected chi connectivity index (χ2v) is 10.3. The molecule has 0 bridgehead atoms. The lowest BCUT2D eigenvalue weighted by atomic mass is 9.95. The average molecular weight is 559 g/mol. The maximum Gasteiger partial charge on any atom is 0.301 e. The molecule has 2 aliphatic heterocycles. The average Bonchev–Trinajstić information content (AvgIpc) is 3.53. The van der Waals surface area contributed by atoms with E-state index in [2.05, 4.69) is 4.98 Å². The lowest BCUT2D eigenvalue weighted by molar-refractivity contribution is -0.132. The van der Waals surface area contributed by atoms with Crippen LogP contribution in [0.15, 0.2) is 66.2 Å². The van der Waals surface area contributed by atoms with Gasteiger partial charge in [-0.15, -0.1) is 0 Å². The fourth-order valence-corrected chi connectivity index (χ4v) is 5.80. The number of thiazole rings is 1. The van der Waals surface area contributed by atoms with E-state index >= 15 is 0 Å². The first kappa shape index (κ1) is 25.7. The van der Waals surface area contributed by atoms with Crippen LogP contribution in [0.5, 0.6) is 23.0 Å². The van der Waals surface area contributed by atoms with Crippen molar-refractivity contribution in [3.05, 3.63) is 77.4 Å².